The van der Waals surface area contributed by atoms with Gasteiger partial charge >= 0.3 is 0 Å². The number of piperidine rings is 1. The summed E-state index contributed by atoms with van der Waals surface area (Å²) in [6, 6.07) is 5.94. The van der Waals surface area contributed by atoms with Crippen LogP contribution in [0, 0.1) is 0 Å². The van der Waals surface area contributed by atoms with E-state index in [0.29, 0.717) is 23.4 Å². The lowest BCUT2D eigenvalue weighted by Gasteiger charge is -2.20. The van der Waals surface area contributed by atoms with Crippen molar-refractivity contribution >= 4 is 12.4 Å². The Morgan fingerprint density at radius 3 is 2.55 bits per heavy atom. The molecule has 1 fully saturated rings. The minimum absolute atomic E-state index is 0. The van der Waals surface area contributed by atoms with E-state index in [9.17, 15) is 0 Å². The lowest BCUT2D eigenvalue weighted by atomic mass is 10.1. The molecule has 1 aromatic heterocycles. The Hall–Kier alpha value is -1.86. The van der Waals surface area contributed by atoms with E-state index in [2.05, 4.69) is 20.7 Å². The normalized spacial score (nSPS) is 15.2. The first kappa shape index (κ1) is 16.5. The highest BCUT2D eigenvalue weighted by Gasteiger charge is 2.18. The first-order chi connectivity index (χ1) is 10.3. The number of hydrogen-bond acceptors (Lipinski definition) is 6. The summed E-state index contributed by atoms with van der Waals surface area (Å²) in [5.74, 6) is 1.95. The molecule has 120 valence electrons. The summed E-state index contributed by atoms with van der Waals surface area (Å²) in [6.45, 7) is 2.00. The minimum atomic E-state index is 0. The van der Waals surface area contributed by atoms with Crippen LogP contribution in [-0.2, 0) is 0 Å². The molecule has 0 aliphatic carbocycles. The average molecular weight is 326 g/mol. The van der Waals surface area contributed by atoms with Crippen LogP contribution in [0.2, 0.25) is 0 Å². The number of hydrogen-bond donors (Lipinski definition) is 1. The van der Waals surface area contributed by atoms with E-state index in [4.69, 9.17) is 9.47 Å². The number of benzene rings is 1. The number of halogens is 1. The van der Waals surface area contributed by atoms with Gasteiger partial charge in [0.2, 0.25) is 5.82 Å². The van der Waals surface area contributed by atoms with Gasteiger partial charge in [0, 0.05) is 5.56 Å². The molecule has 1 aliphatic rings. The van der Waals surface area contributed by atoms with E-state index in [0.717, 1.165) is 31.5 Å². The van der Waals surface area contributed by atoms with Gasteiger partial charge in [0.15, 0.2) is 11.5 Å². The molecule has 0 spiro atoms. The van der Waals surface area contributed by atoms with E-state index in [1.807, 2.05) is 18.2 Å². The van der Waals surface area contributed by atoms with Gasteiger partial charge in [-0.05, 0) is 49.3 Å². The van der Waals surface area contributed by atoms with Gasteiger partial charge in [0.05, 0.1) is 20.3 Å². The number of rotatable bonds is 4. The zero-order valence-electron chi connectivity index (χ0n) is 12.7. The third-order valence-corrected chi connectivity index (χ3v) is 3.71. The predicted octanol–water partition coefficient (Wildman–Crippen LogP) is 1.70. The number of ether oxygens (including phenoxy) is 2. The lowest BCUT2D eigenvalue weighted by molar-refractivity contribution is 0.309. The highest BCUT2D eigenvalue weighted by molar-refractivity contribution is 5.85. The second-order valence-electron chi connectivity index (χ2n) is 4.98. The van der Waals surface area contributed by atoms with Crippen LogP contribution in [-0.4, -0.2) is 47.5 Å². The average Bonchev–Trinajstić information content (AvgIpc) is 3.05. The number of aromatic nitrogens is 4. The van der Waals surface area contributed by atoms with Gasteiger partial charge in [-0.1, -0.05) is 0 Å². The fourth-order valence-electron chi connectivity index (χ4n) is 2.51. The van der Waals surface area contributed by atoms with Crippen molar-refractivity contribution in [2.75, 3.05) is 27.3 Å². The molecule has 22 heavy (non-hydrogen) atoms. The Morgan fingerprint density at radius 1 is 1.14 bits per heavy atom. The monoisotopic (exact) mass is 325 g/mol. The quantitative estimate of drug-likeness (QED) is 0.922. The van der Waals surface area contributed by atoms with E-state index in [-0.39, 0.29) is 12.4 Å². The summed E-state index contributed by atoms with van der Waals surface area (Å²) in [4.78, 5) is 1.73. The maximum Gasteiger partial charge on any atom is 0.205 e. The molecule has 1 aromatic carbocycles. The Bertz CT molecular complexity index is 613. The molecule has 7 nitrogen and oxygen atoms in total. The molecule has 1 aliphatic heterocycles. The van der Waals surface area contributed by atoms with Crippen molar-refractivity contribution in [3.05, 3.63) is 18.2 Å². The van der Waals surface area contributed by atoms with Crippen LogP contribution < -0.4 is 14.8 Å². The fourth-order valence-corrected chi connectivity index (χ4v) is 2.51. The van der Waals surface area contributed by atoms with Crippen molar-refractivity contribution in [1.29, 1.82) is 0 Å². The van der Waals surface area contributed by atoms with Gasteiger partial charge in [-0.3, -0.25) is 0 Å². The molecule has 1 saturated heterocycles. The van der Waals surface area contributed by atoms with Gasteiger partial charge in [-0.2, -0.15) is 4.80 Å². The molecular weight excluding hydrogens is 306 g/mol. The molecule has 0 unspecified atom stereocenters. The van der Waals surface area contributed by atoms with Crippen LogP contribution in [0.25, 0.3) is 11.4 Å². The summed E-state index contributed by atoms with van der Waals surface area (Å²) >= 11 is 0. The molecule has 0 saturated carbocycles. The molecule has 8 heteroatoms. The number of nitrogens with zero attached hydrogens (tertiary/aromatic N) is 4. The maximum atomic E-state index is 5.31. The van der Waals surface area contributed by atoms with Crippen molar-refractivity contribution in [2.24, 2.45) is 0 Å². The van der Waals surface area contributed by atoms with Crippen LogP contribution in [0.5, 0.6) is 11.5 Å². The van der Waals surface area contributed by atoms with Gasteiger partial charge in [0.1, 0.15) is 0 Å². The molecule has 2 aromatic rings. The van der Waals surface area contributed by atoms with Crippen LogP contribution in [0.1, 0.15) is 18.9 Å². The van der Waals surface area contributed by atoms with E-state index < -0.39 is 0 Å². The largest absolute Gasteiger partial charge is 0.493 e. The van der Waals surface area contributed by atoms with Gasteiger partial charge in [-0.15, -0.1) is 22.6 Å². The third-order valence-electron chi connectivity index (χ3n) is 3.71. The second-order valence-corrected chi connectivity index (χ2v) is 4.98. The summed E-state index contributed by atoms with van der Waals surface area (Å²) in [5, 5.41) is 16.2. The van der Waals surface area contributed by atoms with Gasteiger partial charge in [-0.25, -0.2) is 0 Å². The second kappa shape index (κ2) is 7.42. The summed E-state index contributed by atoms with van der Waals surface area (Å²) in [6.07, 6.45) is 2.06. The summed E-state index contributed by atoms with van der Waals surface area (Å²) in [5.41, 5.74) is 0.868. The molecule has 3 rings (SSSR count). The highest BCUT2D eigenvalue weighted by atomic mass is 35.5. The first-order valence-electron chi connectivity index (χ1n) is 7.04. The lowest BCUT2D eigenvalue weighted by Crippen LogP contribution is -2.30. The van der Waals surface area contributed by atoms with Crippen molar-refractivity contribution in [3.63, 3.8) is 0 Å². The minimum Gasteiger partial charge on any atom is -0.493 e. The molecule has 0 amide bonds. The maximum absolute atomic E-state index is 5.31. The van der Waals surface area contributed by atoms with Crippen LogP contribution in [0.3, 0.4) is 0 Å². The Labute approximate surface area is 135 Å². The topological polar surface area (TPSA) is 74.1 Å². The van der Waals surface area contributed by atoms with Gasteiger partial charge in [0.25, 0.3) is 0 Å². The smallest absolute Gasteiger partial charge is 0.205 e. The first-order valence-corrected chi connectivity index (χ1v) is 7.04. The molecule has 1 N–H and O–H groups in total. The van der Waals surface area contributed by atoms with Crippen molar-refractivity contribution < 1.29 is 9.47 Å². The number of nitrogens with one attached hydrogen (secondary N) is 1. The Morgan fingerprint density at radius 2 is 1.86 bits per heavy atom. The van der Waals surface area contributed by atoms with Crippen LogP contribution in [0.4, 0.5) is 0 Å². The highest BCUT2D eigenvalue weighted by Crippen LogP contribution is 2.31. The summed E-state index contributed by atoms with van der Waals surface area (Å²) in [7, 11) is 3.23. The molecule has 0 atom stereocenters. The fraction of sp³-hybridized carbons (Fsp3) is 0.500. The van der Waals surface area contributed by atoms with Crippen LogP contribution >= 0.6 is 12.4 Å². The molecular formula is C14H20ClN5O2. The molecule has 0 bridgehead atoms. The Kier molecular flexibility index (Phi) is 5.57. The van der Waals surface area contributed by atoms with Gasteiger partial charge < -0.3 is 14.8 Å². The number of methoxy groups -OCH3 is 2. The van der Waals surface area contributed by atoms with E-state index >= 15 is 0 Å². The SMILES string of the molecule is COc1ccc(-c2nnn(C3CCNCC3)n2)cc1OC.Cl. The predicted molar refractivity (Wildman–Crippen MR) is 84.7 cm³/mol. The standard InChI is InChI=1S/C14H19N5O2.ClH/c1-20-12-4-3-10(9-13(12)21-2)14-16-18-19(17-14)11-5-7-15-8-6-11;/h3-4,9,11,15H,5-8H2,1-2H3;1H. The summed E-state index contributed by atoms with van der Waals surface area (Å²) < 4.78 is 10.5. The van der Waals surface area contributed by atoms with Crippen molar-refractivity contribution in [1.82, 2.24) is 25.5 Å². The molecule has 0 radical (unpaired) electrons. The zero-order chi connectivity index (χ0) is 14.7. The Balaban J connectivity index is 0.00000176. The molecule has 2 heterocycles. The third kappa shape index (κ3) is 3.31. The van der Waals surface area contributed by atoms with Crippen molar-refractivity contribution in [3.8, 4) is 22.9 Å². The van der Waals surface area contributed by atoms with E-state index in [1.165, 1.54) is 0 Å². The number of tetrazole rings is 1. The van der Waals surface area contributed by atoms with E-state index in [1.54, 1.807) is 19.0 Å². The van der Waals surface area contributed by atoms with Crippen molar-refractivity contribution in [2.45, 2.75) is 18.9 Å². The zero-order valence-corrected chi connectivity index (χ0v) is 13.5. The van der Waals surface area contributed by atoms with Crippen LogP contribution in [0.15, 0.2) is 18.2 Å².